The Bertz CT molecular complexity index is 1640. The number of nitrogens with zero attached hydrogens (tertiary/aromatic N) is 7. The van der Waals surface area contributed by atoms with Gasteiger partial charge in [-0.15, -0.1) is 0 Å². The molecule has 4 aromatic heterocycles. The van der Waals surface area contributed by atoms with Crippen LogP contribution in [0.15, 0.2) is 61.3 Å². The zero-order chi connectivity index (χ0) is 26.1. The highest BCUT2D eigenvalue weighted by Gasteiger charge is 2.23. The van der Waals surface area contributed by atoms with Gasteiger partial charge in [0.15, 0.2) is 11.5 Å². The second kappa shape index (κ2) is 9.81. The van der Waals surface area contributed by atoms with Crippen molar-refractivity contribution in [3.63, 3.8) is 0 Å². The molecule has 12 heteroatoms. The van der Waals surface area contributed by atoms with Crippen molar-refractivity contribution in [2.45, 2.75) is 25.8 Å². The Hall–Kier alpha value is -5.00. The van der Waals surface area contributed by atoms with E-state index in [2.05, 4.69) is 30.7 Å². The Kier molecular flexibility index (Phi) is 6.04. The lowest BCUT2D eigenvalue weighted by Crippen LogP contribution is -2.44. The number of ether oxygens (including phenoxy) is 1. The maximum absolute atomic E-state index is 11.4. The first-order valence-electron chi connectivity index (χ1n) is 12.2. The van der Waals surface area contributed by atoms with Crippen LogP contribution in [0.25, 0.3) is 16.7 Å². The largest absolute Gasteiger partial charge is 0.465 e. The highest BCUT2D eigenvalue weighted by Crippen LogP contribution is 2.30. The summed E-state index contributed by atoms with van der Waals surface area (Å²) in [6.45, 7) is 2.95. The van der Waals surface area contributed by atoms with E-state index in [4.69, 9.17) is 9.72 Å². The fraction of sp³-hybridized carbons (Fsp3) is 0.231. The van der Waals surface area contributed by atoms with Crippen LogP contribution in [-0.4, -0.2) is 64.8 Å². The van der Waals surface area contributed by atoms with Gasteiger partial charge in [0.1, 0.15) is 35.5 Å². The first-order valence-corrected chi connectivity index (χ1v) is 12.2. The van der Waals surface area contributed by atoms with Gasteiger partial charge >= 0.3 is 6.09 Å². The predicted octanol–water partition coefficient (Wildman–Crippen LogP) is 4.47. The van der Waals surface area contributed by atoms with E-state index in [1.54, 1.807) is 10.7 Å². The number of aromatic nitrogens is 6. The number of carbonyl (C=O) groups is 1. The first-order chi connectivity index (χ1) is 18.5. The second-order valence-electron chi connectivity index (χ2n) is 9.13. The van der Waals surface area contributed by atoms with Crippen molar-refractivity contribution in [3.8, 4) is 11.5 Å². The normalized spacial score (nSPS) is 15.5. The van der Waals surface area contributed by atoms with Gasteiger partial charge in [-0.1, -0.05) is 0 Å². The van der Waals surface area contributed by atoms with E-state index in [9.17, 15) is 9.90 Å². The molecule has 1 aromatic carbocycles. The van der Waals surface area contributed by atoms with Gasteiger partial charge in [-0.25, -0.2) is 29.2 Å². The van der Waals surface area contributed by atoms with Crippen molar-refractivity contribution in [1.29, 1.82) is 0 Å². The van der Waals surface area contributed by atoms with E-state index in [0.717, 1.165) is 29.8 Å². The Morgan fingerprint density at radius 1 is 1.11 bits per heavy atom. The van der Waals surface area contributed by atoms with E-state index < -0.39 is 6.09 Å². The third-order valence-corrected chi connectivity index (χ3v) is 6.44. The molecule has 1 saturated heterocycles. The zero-order valence-electron chi connectivity index (χ0n) is 20.6. The Labute approximate surface area is 217 Å². The molecular weight excluding hydrogens is 486 g/mol. The minimum atomic E-state index is -0.897. The zero-order valence-corrected chi connectivity index (χ0v) is 20.6. The number of hydrogen-bond acceptors (Lipinski definition) is 9. The molecule has 1 fully saturated rings. The molecule has 0 unspecified atom stereocenters. The topological polar surface area (TPSA) is 143 Å². The standard InChI is InChI=1S/C26H25N9O3/c1-16-11-17(4-6-21(16)38-19-8-10-35-23(12-19)28-15-30-35)32-25-24-20(27-14-29-25)5-7-22(33-24)31-18-3-2-9-34(13-18)26(36)37/h4-8,10-12,14-15,18H,2-3,9,13H2,1H3,(H,31,33)(H,36,37)(H,27,29,32)/t18-/m0/s1. The van der Waals surface area contributed by atoms with E-state index in [1.165, 1.54) is 17.6 Å². The predicted molar refractivity (Wildman–Crippen MR) is 141 cm³/mol. The first kappa shape index (κ1) is 23.4. The summed E-state index contributed by atoms with van der Waals surface area (Å²) in [6, 6.07) is 13.2. The molecule has 0 saturated carbocycles. The summed E-state index contributed by atoms with van der Waals surface area (Å²) < 4.78 is 7.75. The van der Waals surface area contributed by atoms with Gasteiger partial charge in [0.05, 0.1) is 5.52 Å². The average molecular weight is 512 g/mol. The molecule has 3 N–H and O–H groups in total. The Balaban J connectivity index is 1.20. The summed E-state index contributed by atoms with van der Waals surface area (Å²) in [6.07, 6.45) is 5.58. The number of carboxylic acid groups (broad SMARTS) is 1. The summed E-state index contributed by atoms with van der Waals surface area (Å²) in [5.41, 5.74) is 3.78. The number of amides is 1. The van der Waals surface area contributed by atoms with Crippen LogP contribution < -0.4 is 15.4 Å². The number of hydrogen-bond donors (Lipinski definition) is 3. The lowest BCUT2D eigenvalue weighted by molar-refractivity contribution is 0.133. The number of rotatable bonds is 6. The van der Waals surface area contributed by atoms with E-state index in [-0.39, 0.29) is 6.04 Å². The SMILES string of the molecule is Cc1cc(Nc2ncnc3ccc(N[C@H]4CCCN(C(=O)O)C4)nc23)ccc1Oc1ccn2ncnc2c1. The van der Waals surface area contributed by atoms with Crippen LogP contribution in [0.4, 0.5) is 22.1 Å². The molecule has 1 aliphatic rings. The van der Waals surface area contributed by atoms with Crippen molar-refractivity contribution < 1.29 is 14.6 Å². The summed E-state index contributed by atoms with van der Waals surface area (Å²) in [4.78, 5) is 30.5. The maximum Gasteiger partial charge on any atom is 0.407 e. The van der Waals surface area contributed by atoms with E-state index in [0.29, 0.717) is 47.2 Å². The molecule has 1 aliphatic heterocycles. The quantitative estimate of drug-likeness (QED) is 0.299. The van der Waals surface area contributed by atoms with Gasteiger partial charge in [0.25, 0.3) is 0 Å². The highest BCUT2D eigenvalue weighted by atomic mass is 16.5. The van der Waals surface area contributed by atoms with Gasteiger partial charge in [-0.05, 0) is 61.7 Å². The molecule has 192 valence electrons. The number of piperidine rings is 1. The fourth-order valence-corrected chi connectivity index (χ4v) is 4.56. The van der Waals surface area contributed by atoms with Crippen LogP contribution >= 0.6 is 0 Å². The number of nitrogens with one attached hydrogen (secondary N) is 2. The van der Waals surface area contributed by atoms with Crippen molar-refractivity contribution in [2.24, 2.45) is 0 Å². The fourth-order valence-electron chi connectivity index (χ4n) is 4.56. The van der Waals surface area contributed by atoms with Crippen molar-refractivity contribution in [1.82, 2.24) is 34.4 Å². The monoisotopic (exact) mass is 511 g/mol. The summed E-state index contributed by atoms with van der Waals surface area (Å²) in [5.74, 6) is 2.61. The number of pyridine rings is 2. The number of anilines is 3. The molecule has 5 aromatic rings. The molecule has 1 amide bonds. The van der Waals surface area contributed by atoms with Gasteiger partial charge in [-0.2, -0.15) is 5.10 Å². The third-order valence-electron chi connectivity index (χ3n) is 6.44. The summed E-state index contributed by atoms with van der Waals surface area (Å²) in [5, 5.41) is 20.1. The molecule has 1 atom stereocenters. The lowest BCUT2D eigenvalue weighted by Gasteiger charge is -2.31. The number of likely N-dealkylation sites (tertiary alicyclic amines) is 1. The molecule has 0 spiro atoms. The number of aryl methyl sites for hydroxylation is 1. The lowest BCUT2D eigenvalue weighted by atomic mass is 10.1. The molecule has 12 nitrogen and oxygen atoms in total. The van der Waals surface area contributed by atoms with Crippen LogP contribution in [-0.2, 0) is 0 Å². The Morgan fingerprint density at radius 3 is 2.89 bits per heavy atom. The molecule has 6 rings (SSSR count). The minimum Gasteiger partial charge on any atom is -0.465 e. The van der Waals surface area contributed by atoms with Crippen LogP contribution in [0.5, 0.6) is 11.5 Å². The van der Waals surface area contributed by atoms with Crippen molar-refractivity contribution >= 4 is 40.1 Å². The molecule has 0 bridgehead atoms. The van der Waals surface area contributed by atoms with Crippen molar-refractivity contribution in [2.75, 3.05) is 23.7 Å². The van der Waals surface area contributed by atoms with Crippen LogP contribution in [0.3, 0.4) is 0 Å². The Morgan fingerprint density at radius 2 is 2.03 bits per heavy atom. The molecule has 5 heterocycles. The van der Waals surface area contributed by atoms with Gasteiger partial charge in [0, 0.05) is 37.1 Å². The van der Waals surface area contributed by atoms with Gasteiger partial charge < -0.3 is 25.4 Å². The number of benzene rings is 1. The maximum atomic E-state index is 11.4. The summed E-state index contributed by atoms with van der Waals surface area (Å²) >= 11 is 0. The smallest absolute Gasteiger partial charge is 0.407 e. The van der Waals surface area contributed by atoms with Crippen LogP contribution in [0.2, 0.25) is 0 Å². The number of fused-ring (bicyclic) bond motifs is 2. The van der Waals surface area contributed by atoms with Crippen LogP contribution in [0.1, 0.15) is 18.4 Å². The molecule has 0 radical (unpaired) electrons. The molecule has 38 heavy (non-hydrogen) atoms. The van der Waals surface area contributed by atoms with Crippen molar-refractivity contribution in [3.05, 3.63) is 66.9 Å². The second-order valence-corrected chi connectivity index (χ2v) is 9.13. The van der Waals surface area contributed by atoms with Crippen LogP contribution in [0, 0.1) is 6.92 Å². The van der Waals surface area contributed by atoms with Gasteiger partial charge in [-0.3, -0.25) is 0 Å². The average Bonchev–Trinajstić information content (AvgIpc) is 3.39. The summed E-state index contributed by atoms with van der Waals surface area (Å²) in [7, 11) is 0. The third kappa shape index (κ3) is 4.83. The van der Waals surface area contributed by atoms with Gasteiger partial charge in [0.2, 0.25) is 0 Å². The molecular formula is C26H25N9O3. The highest BCUT2D eigenvalue weighted by molar-refractivity contribution is 5.88. The molecule has 0 aliphatic carbocycles. The minimum absolute atomic E-state index is 0.00787. The van der Waals surface area contributed by atoms with E-state index >= 15 is 0 Å². The van der Waals surface area contributed by atoms with E-state index in [1.807, 2.05) is 49.4 Å².